The zero-order valence-corrected chi connectivity index (χ0v) is 13.2. The molecule has 1 rings (SSSR count). The van der Waals surface area contributed by atoms with Crippen LogP contribution >= 0.6 is 11.6 Å². The number of aliphatic hydroxyl groups excluding tert-OH is 1. The number of aliphatic hydroxyl groups is 1. The van der Waals surface area contributed by atoms with Crippen LogP contribution in [0.4, 0.5) is 5.69 Å². The second-order valence-corrected chi connectivity index (χ2v) is 5.20. The van der Waals surface area contributed by atoms with E-state index in [2.05, 4.69) is 10.6 Å². The Balaban J connectivity index is 2.33. The number of nitrogens with one attached hydrogen (secondary N) is 2. The maximum atomic E-state index is 11.6. The van der Waals surface area contributed by atoms with Crippen molar-refractivity contribution in [3.63, 3.8) is 0 Å². The Morgan fingerprint density at radius 1 is 1.48 bits per heavy atom. The number of halogens is 1. The Morgan fingerprint density at radius 2 is 2.24 bits per heavy atom. The molecular formula is C15H23ClN2O3. The Hall–Kier alpha value is -1.46. The summed E-state index contributed by atoms with van der Waals surface area (Å²) in [7, 11) is 1.58. The van der Waals surface area contributed by atoms with Gasteiger partial charge in [-0.1, -0.05) is 24.9 Å². The van der Waals surface area contributed by atoms with Gasteiger partial charge in [-0.05, 0) is 24.6 Å². The number of amides is 1. The van der Waals surface area contributed by atoms with Crippen LogP contribution in [-0.2, 0) is 4.79 Å². The molecule has 0 aliphatic rings. The number of anilines is 1. The number of carbonyl (C=O) groups is 1. The fourth-order valence-corrected chi connectivity index (χ4v) is 2.06. The third-order valence-electron chi connectivity index (χ3n) is 2.99. The quantitative estimate of drug-likeness (QED) is 0.654. The summed E-state index contributed by atoms with van der Waals surface area (Å²) >= 11 is 5.93. The van der Waals surface area contributed by atoms with Gasteiger partial charge in [0.1, 0.15) is 5.75 Å². The van der Waals surface area contributed by atoms with Gasteiger partial charge in [-0.2, -0.15) is 0 Å². The van der Waals surface area contributed by atoms with Crippen LogP contribution in [0.2, 0.25) is 5.02 Å². The highest BCUT2D eigenvalue weighted by Crippen LogP contribution is 2.27. The Labute approximate surface area is 130 Å². The minimum Gasteiger partial charge on any atom is -0.495 e. The lowest BCUT2D eigenvalue weighted by Crippen LogP contribution is -2.32. The van der Waals surface area contributed by atoms with E-state index in [4.69, 9.17) is 16.3 Å². The average Bonchev–Trinajstić information content (AvgIpc) is 2.46. The molecule has 0 radical (unpaired) electrons. The van der Waals surface area contributed by atoms with Crippen LogP contribution in [-0.4, -0.2) is 37.3 Å². The van der Waals surface area contributed by atoms with Gasteiger partial charge in [0.15, 0.2) is 0 Å². The molecule has 1 unspecified atom stereocenters. The van der Waals surface area contributed by atoms with Crippen LogP contribution in [0.1, 0.15) is 26.2 Å². The molecule has 0 spiro atoms. The van der Waals surface area contributed by atoms with Crippen molar-refractivity contribution in [1.29, 1.82) is 0 Å². The standard InChI is InChI=1S/C15H23ClN2O3/c1-3-4-12(19)10-18-15(20)7-8-17-13-9-11(16)5-6-14(13)21-2/h5-6,9,12,17,19H,3-4,7-8,10H2,1-2H3,(H,18,20). The van der Waals surface area contributed by atoms with Crippen LogP contribution in [0.3, 0.4) is 0 Å². The number of benzene rings is 1. The van der Waals surface area contributed by atoms with Gasteiger partial charge in [0.05, 0.1) is 18.9 Å². The topological polar surface area (TPSA) is 70.6 Å². The van der Waals surface area contributed by atoms with Gasteiger partial charge < -0.3 is 20.5 Å². The Morgan fingerprint density at radius 3 is 2.90 bits per heavy atom. The second-order valence-electron chi connectivity index (χ2n) is 4.77. The van der Waals surface area contributed by atoms with Gasteiger partial charge in [0.25, 0.3) is 0 Å². The maximum Gasteiger partial charge on any atom is 0.221 e. The number of hydrogen-bond donors (Lipinski definition) is 3. The molecule has 1 amide bonds. The number of methoxy groups -OCH3 is 1. The van der Waals surface area contributed by atoms with Crippen molar-refractivity contribution in [3.05, 3.63) is 23.2 Å². The fraction of sp³-hybridized carbons (Fsp3) is 0.533. The van der Waals surface area contributed by atoms with Gasteiger partial charge in [-0.25, -0.2) is 0 Å². The summed E-state index contributed by atoms with van der Waals surface area (Å²) in [4.78, 5) is 11.6. The van der Waals surface area contributed by atoms with Crippen LogP contribution in [0.25, 0.3) is 0 Å². The highest BCUT2D eigenvalue weighted by atomic mass is 35.5. The number of ether oxygens (including phenoxy) is 1. The average molecular weight is 315 g/mol. The van der Waals surface area contributed by atoms with Crippen molar-refractivity contribution < 1.29 is 14.6 Å². The Bertz CT molecular complexity index is 455. The number of hydrogen-bond acceptors (Lipinski definition) is 4. The number of rotatable bonds is 9. The molecular weight excluding hydrogens is 292 g/mol. The minimum absolute atomic E-state index is 0.0985. The van der Waals surface area contributed by atoms with Crippen LogP contribution in [0.5, 0.6) is 5.75 Å². The molecule has 3 N–H and O–H groups in total. The maximum absolute atomic E-state index is 11.6. The van der Waals surface area contributed by atoms with E-state index in [0.717, 1.165) is 12.1 Å². The van der Waals surface area contributed by atoms with Crippen LogP contribution in [0, 0.1) is 0 Å². The molecule has 0 aromatic heterocycles. The lowest BCUT2D eigenvalue weighted by Gasteiger charge is -2.13. The smallest absolute Gasteiger partial charge is 0.221 e. The van der Waals surface area contributed by atoms with Crippen molar-refractivity contribution in [2.24, 2.45) is 0 Å². The number of carbonyl (C=O) groups excluding carboxylic acids is 1. The predicted molar refractivity (Wildman–Crippen MR) is 85.0 cm³/mol. The van der Waals surface area contributed by atoms with E-state index in [-0.39, 0.29) is 5.91 Å². The van der Waals surface area contributed by atoms with E-state index >= 15 is 0 Å². The molecule has 0 aliphatic carbocycles. The van der Waals surface area contributed by atoms with Gasteiger partial charge in [-0.15, -0.1) is 0 Å². The first kappa shape index (κ1) is 17.6. The molecule has 0 saturated heterocycles. The first-order chi connectivity index (χ1) is 10.1. The normalized spacial score (nSPS) is 11.8. The van der Waals surface area contributed by atoms with E-state index in [0.29, 0.717) is 36.7 Å². The van der Waals surface area contributed by atoms with E-state index < -0.39 is 6.10 Å². The van der Waals surface area contributed by atoms with Crippen molar-refractivity contribution in [3.8, 4) is 5.75 Å². The zero-order valence-electron chi connectivity index (χ0n) is 12.5. The highest BCUT2D eigenvalue weighted by Gasteiger charge is 2.07. The first-order valence-corrected chi connectivity index (χ1v) is 7.46. The monoisotopic (exact) mass is 314 g/mol. The van der Waals surface area contributed by atoms with Crippen molar-refractivity contribution in [2.75, 3.05) is 25.5 Å². The van der Waals surface area contributed by atoms with E-state index in [1.54, 1.807) is 25.3 Å². The van der Waals surface area contributed by atoms with Crippen LogP contribution in [0.15, 0.2) is 18.2 Å². The highest BCUT2D eigenvalue weighted by molar-refractivity contribution is 6.30. The molecule has 1 aromatic carbocycles. The van der Waals surface area contributed by atoms with Crippen molar-refractivity contribution in [2.45, 2.75) is 32.3 Å². The molecule has 1 atom stereocenters. The van der Waals surface area contributed by atoms with Gasteiger partial charge >= 0.3 is 0 Å². The summed E-state index contributed by atoms with van der Waals surface area (Å²) in [6.07, 6.45) is 1.43. The van der Waals surface area contributed by atoms with E-state index in [1.165, 1.54) is 0 Å². The summed E-state index contributed by atoms with van der Waals surface area (Å²) in [5.41, 5.74) is 0.754. The van der Waals surface area contributed by atoms with Gasteiger partial charge in [-0.3, -0.25) is 4.79 Å². The molecule has 6 heteroatoms. The molecule has 5 nitrogen and oxygen atoms in total. The summed E-state index contributed by atoms with van der Waals surface area (Å²) in [5, 5.41) is 16.0. The Kier molecular flexibility index (Phi) is 7.93. The largest absolute Gasteiger partial charge is 0.495 e. The zero-order chi connectivity index (χ0) is 15.7. The van der Waals surface area contributed by atoms with Crippen molar-refractivity contribution >= 4 is 23.2 Å². The lowest BCUT2D eigenvalue weighted by molar-refractivity contribution is -0.121. The molecule has 0 fully saturated rings. The first-order valence-electron chi connectivity index (χ1n) is 7.09. The lowest BCUT2D eigenvalue weighted by atomic mass is 10.2. The summed E-state index contributed by atoms with van der Waals surface area (Å²) < 4.78 is 5.21. The van der Waals surface area contributed by atoms with Crippen molar-refractivity contribution in [1.82, 2.24) is 5.32 Å². The minimum atomic E-state index is -0.472. The summed E-state index contributed by atoms with van der Waals surface area (Å²) in [6, 6.07) is 5.27. The fourth-order valence-electron chi connectivity index (χ4n) is 1.88. The molecule has 0 bridgehead atoms. The molecule has 21 heavy (non-hydrogen) atoms. The molecule has 0 saturated carbocycles. The second kappa shape index (κ2) is 9.47. The van der Waals surface area contributed by atoms with Gasteiger partial charge in [0, 0.05) is 24.5 Å². The molecule has 118 valence electrons. The third-order valence-corrected chi connectivity index (χ3v) is 3.22. The summed E-state index contributed by atoms with van der Waals surface area (Å²) in [5.74, 6) is 0.580. The molecule has 0 heterocycles. The molecule has 0 aliphatic heterocycles. The van der Waals surface area contributed by atoms with E-state index in [9.17, 15) is 9.90 Å². The third kappa shape index (κ3) is 6.69. The predicted octanol–water partition coefficient (Wildman–Crippen LogP) is 2.43. The van der Waals surface area contributed by atoms with Crippen LogP contribution < -0.4 is 15.4 Å². The summed E-state index contributed by atoms with van der Waals surface area (Å²) in [6.45, 7) is 2.76. The van der Waals surface area contributed by atoms with E-state index in [1.807, 2.05) is 6.92 Å². The SMILES string of the molecule is CCCC(O)CNC(=O)CCNc1cc(Cl)ccc1OC. The van der Waals surface area contributed by atoms with Gasteiger partial charge in [0.2, 0.25) is 5.91 Å². The molecule has 1 aromatic rings.